The molecule has 0 aromatic carbocycles. The van der Waals surface area contributed by atoms with Crippen molar-refractivity contribution in [3.8, 4) is 0 Å². The van der Waals surface area contributed by atoms with E-state index >= 15 is 0 Å². The van der Waals surface area contributed by atoms with Crippen LogP contribution in [0, 0.1) is 5.92 Å². The van der Waals surface area contributed by atoms with Crippen molar-refractivity contribution in [3.05, 3.63) is 21.8 Å². The van der Waals surface area contributed by atoms with Crippen LogP contribution in [0.3, 0.4) is 0 Å². The predicted octanol–water partition coefficient (Wildman–Crippen LogP) is 2.20. The molecule has 1 aliphatic rings. The van der Waals surface area contributed by atoms with Crippen LogP contribution in [-0.4, -0.2) is 24.0 Å². The van der Waals surface area contributed by atoms with Crippen molar-refractivity contribution < 1.29 is 4.79 Å². The summed E-state index contributed by atoms with van der Waals surface area (Å²) in [4.78, 5) is 17.6. The van der Waals surface area contributed by atoms with E-state index in [4.69, 9.17) is 17.3 Å². The quantitative estimate of drug-likeness (QED) is 0.909. The maximum Gasteiger partial charge on any atom is 0.222 e. The van der Waals surface area contributed by atoms with Crippen molar-refractivity contribution in [1.29, 1.82) is 0 Å². The molecule has 1 fully saturated rings. The molecule has 0 radical (unpaired) electrons. The third-order valence-corrected chi connectivity index (χ3v) is 3.70. The number of amides is 1. The van der Waals surface area contributed by atoms with Crippen LogP contribution in [0.4, 0.5) is 5.82 Å². The first-order valence-electron chi connectivity index (χ1n) is 5.43. The smallest absolute Gasteiger partial charge is 0.222 e. The number of pyridine rings is 1. The number of anilines is 1. The predicted molar refractivity (Wildman–Crippen MR) is 71.1 cm³/mol. The Morgan fingerprint density at radius 2 is 2.41 bits per heavy atom. The summed E-state index contributed by atoms with van der Waals surface area (Å²) < 4.78 is 0.843. The molecule has 1 aromatic rings. The number of halogens is 2. The minimum absolute atomic E-state index is 0.0897. The first-order chi connectivity index (χ1) is 8.08. The summed E-state index contributed by atoms with van der Waals surface area (Å²) in [6, 6.07) is 1.80. The van der Waals surface area contributed by atoms with Crippen molar-refractivity contribution >= 4 is 39.3 Å². The van der Waals surface area contributed by atoms with Gasteiger partial charge in [-0.3, -0.25) is 4.79 Å². The van der Waals surface area contributed by atoms with E-state index in [9.17, 15) is 4.79 Å². The molecule has 92 valence electrons. The van der Waals surface area contributed by atoms with Gasteiger partial charge in [0.1, 0.15) is 5.82 Å². The molecule has 2 heterocycles. The van der Waals surface area contributed by atoms with E-state index in [1.54, 1.807) is 12.3 Å². The van der Waals surface area contributed by atoms with Crippen LogP contribution in [0.5, 0.6) is 0 Å². The van der Waals surface area contributed by atoms with Crippen LogP contribution in [0.2, 0.25) is 5.02 Å². The largest absolute Gasteiger partial charge is 0.369 e. The van der Waals surface area contributed by atoms with Gasteiger partial charge in [-0.2, -0.15) is 0 Å². The lowest BCUT2D eigenvalue weighted by Gasteiger charge is -2.32. The molecule has 1 amide bonds. The molecule has 1 unspecified atom stereocenters. The highest BCUT2D eigenvalue weighted by Crippen LogP contribution is 2.29. The van der Waals surface area contributed by atoms with Gasteiger partial charge in [0, 0.05) is 19.3 Å². The van der Waals surface area contributed by atoms with Gasteiger partial charge in [0.15, 0.2) is 0 Å². The lowest BCUT2D eigenvalue weighted by Crippen LogP contribution is -2.41. The maximum absolute atomic E-state index is 11.2. The third kappa shape index (κ3) is 2.90. The number of hydrogen-bond donors (Lipinski definition) is 1. The molecule has 1 aromatic heterocycles. The van der Waals surface area contributed by atoms with Crippen molar-refractivity contribution in [2.45, 2.75) is 12.8 Å². The zero-order valence-corrected chi connectivity index (χ0v) is 11.5. The third-order valence-electron chi connectivity index (χ3n) is 2.91. The second-order valence-electron chi connectivity index (χ2n) is 4.15. The van der Waals surface area contributed by atoms with Crippen molar-refractivity contribution in [2.75, 3.05) is 18.0 Å². The number of carbonyl (C=O) groups excluding carboxylic acids is 1. The van der Waals surface area contributed by atoms with Gasteiger partial charge in [0.2, 0.25) is 5.91 Å². The Kier molecular flexibility index (Phi) is 3.89. The summed E-state index contributed by atoms with van der Waals surface area (Å²) in [5, 5.41) is 0.587. The van der Waals surface area contributed by atoms with Gasteiger partial charge in [0.25, 0.3) is 0 Å². The summed E-state index contributed by atoms with van der Waals surface area (Å²) in [7, 11) is 0. The van der Waals surface area contributed by atoms with Gasteiger partial charge >= 0.3 is 0 Å². The Labute approximate surface area is 113 Å². The van der Waals surface area contributed by atoms with Crippen LogP contribution < -0.4 is 10.6 Å². The Bertz CT molecular complexity index is 441. The Balaban J connectivity index is 2.19. The average Bonchev–Trinajstić information content (AvgIpc) is 2.29. The monoisotopic (exact) mass is 317 g/mol. The van der Waals surface area contributed by atoms with Gasteiger partial charge < -0.3 is 10.6 Å². The Hall–Kier alpha value is -0.810. The second-order valence-corrected chi connectivity index (χ2v) is 5.44. The van der Waals surface area contributed by atoms with E-state index in [0.717, 1.165) is 29.7 Å². The molecule has 4 nitrogen and oxygen atoms in total. The summed E-state index contributed by atoms with van der Waals surface area (Å²) in [5.74, 6) is 0.494. The molecule has 0 bridgehead atoms. The first kappa shape index (κ1) is 12.6. The Morgan fingerprint density at radius 3 is 3.06 bits per heavy atom. The van der Waals surface area contributed by atoms with Crippen LogP contribution in [0.15, 0.2) is 16.7 Å². The van der Waals surface area contributed by atoms with Crippen LogP contribution in [0.1, 0.15) is 12.8 Å². The number of aromatic nitrogens is 1. The summed E-state index contributed by atoms with van der Waals surface area (Å²) in [5.41, 5.74) is 5.35. The molecule has 0 aliphatic carbocycles. The fraction of sp³-hybridized carbons (Fsp3) is 0.455. The van der Waals surface area contributed by atoms with E-state index in [0.29, 0.717) is 11.6 Å². The zero-order valence-electron chi connectivity index (χ0n) is 9.20. The Morgan fingerprint density at radius 1 is 1.65 bits per heavy atom. The average molecular weight is 319 g/mol. The first-order valence-corrected chi connectivity index (χ1v) is 6.60. The van der Waals surface area contributed by atoms with E-state index < -0.39 is 0 Å². The van der Waals surface area contributed by atoms with Gasteiger partial charge in [-0.05, 0) is 34.8 Å². The maximum atomic E-state index is 11.2. The number of nitrogens with zero attached hydrogens (tertiary/aromatic N) is 2. The molecule has 1 saturated heterocycles. The normalized spacial score (nSPS) is 20.4. The van der Waals surface area contributed by atoms with Crippen molar-refractivity contribution in [1.82, 2.24) is 4.98 Å². The highest BCUT2D eigenvalue weighted by molar-refractivity contribution is 9.10. The number of piperidine rings is 1. The highest BCUT2D eigenvalue weighted by Gasteiger charge is 2.25. The SMILES string of the molecule is NC(=O)C1CCCN(c2ncc(Cl)cc2Br)C1. The number of primary amides is 1. The van der Waals surface area contributed by atoms with Crippen LogP contribution >= 0.6 is 27.5 Å². The van der Waals surface area contributed by atoms with Crippen LogP contribution in [0.25, 0.3) is 0 Å². The molecule has 0 spiro atoms. The van der Waals surface area contributed by atoms with Crippen LogP contribution in [-0.2, 0) is 4.79 Å². The van der Waals surface area contributed by atoms with E-state index in [-0.39, 0.29) is 11.8 Å². The minimum atomic E-state index is -0.236. The molecule has 1 atom stereocenters. The molecule has 1 aliphatic heterocycles. The van der Waals surface area contributed by atoms with Gasteiger partial charge in [-0.15, -0.1) is 0 Å². The van der Waals surface area contributed by atoms with Gasteiger partial charge in [-0.25, -0.2) is 4.98 Å². The number of hydrogen-bond acceptors (Lipinski definition) is 3. The lowest BCUT2D eigenvalue weighted by atomic mass is 9.97. The standard InChI is InChI=1S/C11H13BrClN3O/c12-9-4-8(13)5-15-11(9)16-3-1-2-7(6-16)10(14)17/h4-5,7H,1-3,6H2,(H2,14,17). The highest BCUT2D eigenvalue weighted by atomic mass is 79.9. The number of rotatable bonds is 2. The van der Waals surface area contributed by atoms with Gasteiger partial charge in [0.05, 0.1) is 15.4 Å². The topological polar surface area (TPSA) is 59.2 Å². The molecule has 17 heavy (non-hydrogen) atoms. The van der Waals surface area contributed by atoms with Crippen molar-refractivity contribution in [3.63, 3.8) is 0 Å². The number of carbonyl (C=O) groups is 1. The summed E-state index contributed by atoms with van der Waals surface area (Å²) >= 11 is 9.28. The summed E-state index contributed by atoms with van der Waals surface area (Å²) in [6.45, 7) is 1.51. The number of nitrogens with two attached hydrogens (primary N) is 1. The molecule has 2 rings (SSSR count). The molecule has 0 saturated carbocycles. The molecular formula is C11H13BrClN3O. The molecule has 2 N–H and O–H groups in total. The fourth-order valence-corrected chi connectivity index (χ4v) is 2.93. The van der Waals surface area contributed by atoms with E-state index in [1.807, 2.05) is 0 Å². The van der Waals surface area contributed by atoms with E-state index in [2.05, 4.69) is 25.8 Å². The fourth-order valence-electron chi connectivity index (χ4n) is 2.04. The molecule has 6 heteroatoms. The molecular weight excluding hydrogens is 305 g/mol. The van der Waals surface area contributed by atoms with Crippen molar-refractivity contribution in [2.24, 2.45) is 11.7 Å². The second kappa shape index (κ2) is 5.23. The zero-order chi connectivity index (χ0) is 12.4. The summed E-state index contributed by atoms with van der Waals surface area (Å²) in [6.07, 6.45) is 3.41. The lowest BCUT2D eigenvalue weighted by molar-refractivity contribution is -0.122. The van der Waals surface area contributed by atoms with E-state index in [1.165, 1.54) is 0 Å². The van der Waals surface area contributed by atoms with Gasteiger partial charge in [-0.1, -0.05) is 11.6 Å². The minimum Gasteiger partial charge on any atom is -0.369 e.